The van der Waals surface area contributed by atoms with E-state index in [0.29, 0.717) is 11.6 Å². The van der Waals surface area contributed by atoms with Gasteiger partial charge in [-0.25, -0.2) is 4.98 Å². The Labute approximate surface area is 156 Å². The molecule has 1 unspecified atom stereocenters. The van der Waals surface area contributed by atoms with Crippen LogP contribution in [0.15, 0.2) is 60.9 Å². The first kappa shape index (κ1) is 17.0. The molecular formula is C20H19N5O2. The van der Waals surface area contributed by atoms with Crippen LogP contribution < -0.4 is 9.64 Å². The minimum Gasteiger partial charge on any atom is -0.497 e. The number of anilines is 3. The van der Waals surface area contributed by atoms with Gasteiger partial charge in [-0.1, -0.05) is 12.1 Å². The SMILES string of the molecule is COc1ccc(N(c2cccc(C(C)O)c2)c2ncc3cn[nH]c3n2)cc1. The summed E-state index contributed by atoms with van der Waals surface area (Å²) in [4.78, 5) is 11.0. The highest BCUT2D eigenvalue weighted by atomic mass is 16.5. The van der Waals surface area contributed by atoms with Crippen molar-refractivity contribution < 1.29 is 9.84 Å². The van der Waals surface area contributed by atoms with E-state index in [-0.39, 0.29) is 0 Å². The maximum Gasteiger partial charge on any atom is 0.236 e. The zero-order valence-corrected chi connectivity index (χ0v) is 15.0. The van der Waals surface area contributed by atoms with Crippen LogP contribution in [0.5, 0.6) is 5.75 Å². The minimum absolute atomic E-state index is 0.500. The molecule has 4 aromatic rings. The molecule has 7 heteroatoms. The zero-order chi connectivity index (χ0) is 18.8. The number of aliphatic hydroxyl groups excluding tert-OH is 1. The Hall–Kier alpha value is -3.45. The van der Waals surface area contributed by atoms with Crippen LogP contribution in [-0.2, 0) is 0 Å². The normalized spacial score (nSPS) is 12.1. The predicted octanol–water partition coefficient (Wildman–Crippen LogP) is 3.88. The third-order valence-electron chi connectivity index (χ3n) is 4.32. The number of nitrogens with zero attached hydrogens (tertiary/aromatic N) is 4. The summed E-state index contributed by atoms with van der Waals surface area (Å²) in [6.45, 7) is 1.74. The van der Waals surface area contributed by atoms with E-state index in [2.05, 4.69) is 20.2 Å². The molecule has 136 valence electrons. The molecule has 7 nitrogen and oxygen atoms in total. The molecule has 0 fully saturated rings. The van der Waals surface area contributed by atoms with Gasteiger partial charge in [0.2, 0.25) is 5.95 Å². The van der Waals surface area contributed by atoms with Crippen molar-refractivity contribution in [2.24, 2.45) is 0 Å². The lowest BCUT2D eigenvalue weighted by Gasteiger charge is -2.24. The van der Waals surface area contributed by atoms with Crippen LogP contribution in [0.4, 0.5) is 17.3 Å². The minimum atomic E-state index is -0.571. The number of aromatic nitrogens is 4. The van der Waals surface area contributed by atoms with Crippen LogP contribution in [0.3, 0.4) is 0 Å². The van der Waals surface area contributed by atoms with Crippen molar-refractivity contribution >= 4 is 28.4 Å². The Morgan fingerprint density at radius 1 is 1.07 bits per heavy atom. The molecule has 0 aliphatic rings. The number of aliphatic hydroxyl groups is 1. The largest absolute Gasteiger partial charge is 0.497 e. The number of fused-ring (bicyclic) bond motifs is 1. The maximum atomic E-state index is 9.97. The van der Waals surface area contributed by atoms with Crippen LogP contribution in [0.1, 0.15) is 18.6 Å². The predicted molar refractivity (Wildman–Crippen MR) is 104 cm³/mol. The molecule has 2 aromatic heterocycles. The van der Waals surface area contributed by atoms with Crippen molar-refractivity contribution in [3.63, 3.8) is 0 Å². The van der Waals surface area contributed by atoms with Gasteiger partial charge in [-0.15, -0.1) is 0 Å². The van der Waals surface area contributed by atoms with Gasteiger partial charge in [0.25, 0.3) is 0 Å². The lowest BCUT2D eigenvalue weighted by molar-refractivity contribution is 0.199. The van der Waals surface area contributed by atoms with Crippen molar-refractivity contribution in [1.82, 2.24) is 20.2 Å². The summed E-state index contributed by atoms with van der Waals surface area (Å²) in [6, 6.07) is 15.3. The number of benzene rings is 2. The van der Waals surface area contributed by atoms with E-state index in [4.69, 9.17) is 4.74 Å². The standard InChI is InChI=1S/C20H19N5O2/c1-13(26)14-4-3-5-17(10-14)25(16-6-8-18(27-2)9-7-16)20-21-11-15-12-22-24-19(15)23-20/h3-13,26H,1-2H3,(H,21,22,23,24). The molecule has 2 N–H and O–H groups in total. The Balaban J connectivity index is 1.86. The number of nitrogens with one attached hydrogen (secondary N) is 1. The summed E-state index contributed by atoms with van der Waals surface area (Å²) in [5, 5.41) is 17.7. The summed E-state index contributed by atoms with van der Waals surface area (Å²) in [5.41, 5.74) is 3.19. The maximum absolute atomic E-state index is 9.97. The van der Waals surface area contributed by atoms with Gasteiger partial charge < -0.3 is 9.84 Å². The molecule has 1 atom stereocenters. The lowest BCUT2D eigenvalue weighted by Crippen LogP contribution is -2.13. The topological polar surface area (TPSA) is 87.2 Å². The first-order valence-electron chi connectivity index (χ1n) is 8.54. The Kier molecular flexibility index (Phi) is 4.43. The molecule has 0 saturated carbocycles. The van der Waals surface area contributed by atoms with Gasteiger partial charge in [0.1, 0.15) is 5.75 Å². The molecule has 0 aliphatic carbocycles. The van der Waals surface area contributed by atoms with E-state index >= 15 is 0 Å². The summed E-state index contributed by atoms with van der Waals surface area (Å²) < 4.78 is 5.26. The zero-order valence-electron chi connectivity index (χ0n) is 15.0. The molecule has 2 aromatic carbocycles. The summed E-state index contributed by atoms with van der Waals surface area (Å²) in [7, 11) is 1.63. The molecule has 0 radical (unpaired) electrons. The quantitative estimate of drug-likeness (QED) is 0.561. The smallest absolute Gasteiger partial charge is 0.236 e. The van der Waals surface area contributed by atoms with Crippen LogP contribution in [0.2, 0.25) is 0 Å². The van der Waals surface area contributed by atoms with Gasteiger partial charge in [-0.2, -0.15) is 10.1 Å². The average molecular weight is 361 g/mol. The Morgan fingerprint density at radius 2 is 1.89 bits per heavy atom. The van der Waals surface area contributed by atoms with E-state index in [1.807, 2.05) is 53.4 Å². The molecule has 0 bridgehead atoms. The van der Waals surface area contributed by atoms with Crippen LogP contribution in [0.25, 0.3) is 11.0 Å². The van der Waals surface area contributed by atoms with E-state index in [1.165, 1.54) is 0 Å². The van der Waals surface area contributed by atoms with E-state index in [0.717, 1.165) is 28.1 Å². The monoisotopic (exact) mass is 361 g/mol. The fourth-order valence-corrected chi connectivity index (χ4v) is 2.87. The molecule has 4 rings (SSSR count). The molecular weight excluding hydrogens is 342 g/mol. The van der Waals surface area contributed by atoms with Crippen LogP contribution in [-0.4, -0.2) is 32.4 Å². The number of ether oxygens (including phenoxy) is 1. The van der Waals surface area contributed by atoms with E-state index < -0.39 is 6.10 Å². The average Bonchev–Trinajstić information content (AvgIpc) is 3.17. The number of H-pyrrole nitrogens is 1. The van der Waals surface area contributed by atoms with Gasteiger partial charge in [0.05, 0.1) is 24.8 Å². The van der Waals surface area contributed by atoms with Gasteiger partial charge in [-0.3, -0.25) is 10.00 Å². The molecule has 0 aliphatic heterocycles. The van der Waals surface area contributed by atoms with Crippen molar-refractivity contribution in [3.8, 4) is 5.75 Å². The summed E-state index contributed by atoms with van der Waals surface area (Å²) in [5.74, 6) is 1.26. The van der Waals surface area contributed by atoms with Crippen molar-refractivity contribution in [3.05, 3.63) is 66.5 Å². The van der Waals surface area contributed by atoms with Gasteiger partial charge in [0, 0.05) is 17.6 Å². The lowest BCUT2D eigenvalue weighted by atomic mass is 10.1. The third-order valence-corrected chi connectivity index (χ3v) is 4.32. The number of hydrogen-bond acceptors (Lipinski definition) is 6. The number of methoxy groups -OCH3 is 1. The second kappa shape index (κ2) is 7.05. The highest BCUT2D eigenvalue weighted by Gasteiger charge is 2.17. The molecule has 0 saturated heterocycles. The highest BCUT2D eigenvalue weighted by molar-refractivity contribution is 5.78. The molecule has 0 spiro atoms. The fourth-order valence-electron chi connectivity index (χ4n) is 2.87. The first-order valence-corrected chi connectivity index (χ1v) is 8.54. The van der Waals surface area contributed by atoms with Crippen LogP contribution >= 0.6 is 0 Å². The Morgan fingerprint density at radius 3 is 2.63 bits per heavy atom. The second-order valence-corrected chi connectivity index (χ2v) is 6.15. The number of rotatable bonds is 5. The van der Waals surface area contributed by atoms with E-state index in [1.54, 1.807) is 26.4 Å². The van der Waals surface area contributed by atoms with Crippen molar-refractivity contribution in [2.45, 2.75) is 13.0 Å². The van der Waals surface area contributed by atoms with Gasteiger partial charge >= 0.3 is 0 Å². The Bertz CT molecular complexity index is 1060. The third kappa shape index (κ3) is 3.32. The summed E-state index contributed by atoms with van der Waals surface area (Å²) >= 11 is 0. The first-order chi connectivity index (χ1) is 13.2. The van der Waals surface area contributed by atoms with E-state index in [9.17, 15) is 5.11 Å². The molecule has 27 heavy (non-hydrogen) atoms. The fraction of sp³-hybridized carbons (Fsp3) is 0.150. The molecule has 0 amide bonds. The second-order valence-electron chi connectivity index (χ2n) is 6.15. The van der Waals surface area contributed by atoms with Crippen molar-refractivity contribution in [2.75, 3.05) is 12.0 Å². The number of aromatic amines is 1. The molecule has 2 heterocycles. The van der Waals surface area contributed by atoms with Gasteiger partial charge in [-0.05, 0) is 48.9 Å². The highest BCUT2D eigenvalue weighted by Crippen LogP contribution is 2.34. The van der Waals surface area contributed by atoms with Gasteiger partial charge in [0.15, 0.2) is 5.65 Å². The summed E-state index contributed by atoms with van der Waals surface area (Å²) in [6.07, 6.45) is 2.85. The van der Waals surface area contributed by atoms with Crippen LogP contribution in [0, 0.1) is 0 Å². The number of hydrogen-bond donors (Lipinski definition) is 2. The van der Waals surface area contributed by atoms with Crippen molar-refractivity contribution in [1.29, 1.82) is 0 Å².